The number of benzene rings is 2. The Balaban J connectivity index is 1.94. The number of carbonyl (C=O) groups is 2. The average molecular weight is 330 g/mol. The Labute approximate surface area is 139 Å². The zero-order valence-electron chi connectivity index (χ0n) is 12.9. The van der Waals surface area contributed by atoms with E-state index in [-0.39, 0.29) is 18.4 Å². The van der Waals surface area contributed by atoms with Crippen LogP contribution in [0.2, 0.25) is 5.02 Å². The lowest BCUT2D eigenvalue weighted by atomic mass is 10.1. The molecule has 0 saturated carbocycles. The number of imide groups is 1. The molecule has 2 aromatic rings. The molecule has 2 amide bonds. The van der Waals surface area contributed by atoms with Crippen molar-refractivity contribution in [2.24, 2.45) is 0 Å². The summed E-state index contributed by atoms with van der Waals surface area (Å²) in [5.41, 5.74) is 2.52. The van der Waals surface area contributed by atoms with Gasteiger partial charge in [-0.2, -0.15) is 0 Å². The van der Waals surface area contributed by atoms with Gasteiger partial charge in [0.25, 0.3) is 11.8 Å². The predicted molar refractivity (Wildman–Crippen MR) is 88.0 cm³/mol. The van der Waals surface area contributed by atoms with Crippen molar-refractivity contribution >= 4 is 23.4 Å². The Bertz CT molecular complexity index is 801. The minimum atomic E-state index is -0.318. The lowest BCUT2D eigenvalue weighted by Gasteiger charge is -2.14. The Morgan fingerprint density at radius 1 is 1.13 bits per heavy atom. The van der Waals surface area contributed by atoms with Gasteiger partial charge in [0.15, 0.2) is 0 Å². The molecule has 0 aromatic heterocycles. The van der Waals surface area contributed by atoms with E-state index in [1.54, 1.807) is 24.3 Å². The van der Waals surface area contributed by atoms with Crippen molar-refractivity contribution in [2.45, 2.75) is 20.4 Å². The van der Waals surface area contributed by atoms with Crippen LogP contribution in [0.15, 0.2) is 36.4 Å². The molecule has 1 aliphatic heterocycles. The van der Waals surface area contributed by atoms with Gasteiger partial charge in [0.05, 0.1) is 24.3 Å². The van der Waals surface area contributed by atoms with E-state index < -0.39 is 0 Å². The Morgan fingerprint density at radius 2 is 1.91 bits per heavy atom. The van der Waals surface area contributed by atoms with Gasteiger partial charge in [-0.25, -0.2) is 0 Å². The third-order valence-electron chi connectivity index (χ3n) is 3.82. The molecule has 0 N–H and O–H groups in total. The molecule has 0 aliphatic carbocycles. The number of aryl methyl sites for hydroxylation is 1. The third-order valence-corrected chi connectivity index (χ3v) is 4.25. The first kappa shape index (κ1) is 15.6. The van der Waals surface area contributed by atoms with E-state index in [2.05, 4.69) is 0 Å². The van der Waals surface area contributed by atoms with E-state index in [4.69, 9.17) is 16.3 Å². The molecule has 0 spiro atoms. The number of nitrogens with zero attached hydrogens (tertiary/aromatic N) is 1. The van der Waals surface area contributed by atoms with Crippen LogP contribution in [-0.2, 0) is 6.54 Å². The maximum Gasteiger partial charge on any atom is 0.265 e. The van der Waals surface area contributed by atoms with Gasteiger partial charge in [-0.3, -0.25) is 14.5 Å². The van der Waals surface area contributed by atoms with E-state index >= 15 is 0 Å². The summed E-state index contributed by atoms with van der Waals surface area (Å²) in [7, 11) is 0. The van der Waals surface area contributed by atoms with Crippen LogP contribution in [0.4, 0.5) is 0 Å². The van der Waals surface area contributed by atoms with Crippen LogP contribution in [0.5, 0.6) is 5.75 Å². The van der Waals surface area contributed by atoms with Crippen LogP contribution in [0.25, 0.3) is 0 Å². The minimum Gasteiger partial charge on any atom is -0.493 e. The topological polar surface area (TPSA) is 46.6 Å². The first-order valence-electron chi connectivity index (χ1n) is 7.40. The first-order chi connectivity index (χ1) is 11.0. The monoisotopic (exact) mass is 329 g/mol. The van der Waals surface area contributed by atoms with Crippen molar-refractivity contribution in [3.8, 4) is 5.75 Å². The maximum absolute atomic E-state index is 12.7. The zero-order valence-corrected chi connectivity index (χ0v) is 13.7. The minimum absolute atomic E-state index is 0.218. The molecule has 118 valence electrons. The molecule has 1 aliphatic rings. The summed E-state index contributed by atoms with van der Waals surface area (Å²) in [6.07, 6.45) is 0. The summed E-state index contributed by atoms with van der Waals surface area (Å²) < 4.78 is 5.48. The Hall–Kier alpha value is -2.33. The molecule has 0 unspecified atom stereocenters. The molecule has 4 nitrogen and oxygen atoms in total. The number of carbonyl (C=O) groups excluding carboxylic acids is 2. The van der Waals surface area contributed by atoms with Crippen LogP contribution in [0, 0.1) is 6.92 Å². The van der Waals surface area contributed by atoms with Crippen molar-refractivity contribution < 1.29 is 14.3 Å². The van der Waals surface area contributed by atoms with E-state index in [1.807, 2.05) is 26.0 Å². The van der Waals surface area contributed by atoms with Gasteiger partial charge in [-0.1, -0.05) is 29.8 Å². The van der Waals surface area contributed by atoms with Crippen LogP contribution >= 0.6 is 11.6 Å². The Kier molecular flexibility index (Phi) is 4.09. The summed E-state index contributed by atoms with van der Waals surface area (Å²) in [5, 5.41) is 0.662. The fraction of sp³-hybridized carbons (Fsp3) is 0.222. The number of halogens is 1. The van der Waals surface area contributed by atoms with E-state index in [0.717, 1.165) is 11.1 Å². The van der Waals surface area contributed by atoms with Crippen LogP contribution in [0.1, 0.15) is 38.8 Å². The average Bonchev–Trinajstić information content (AvgIpc) is 2.77. The summed E-state index contributed by atoms with van der Waals surface area (Å²) >= 11 is 6.02. The summed E-state index contributed by atoms with van der Waals surface area (Å²) in [4.78, 5) is 26.4. The van der Waals surface area contributed by atoms with Crippen LogP contribution in [-0.4, -0.2) is 23.3 Å². The molecule has 2 aromatic carbocycles. The molecular formula is C18H16ClNO3. The molecule has 23 heavy (non-hydrogen) atoms. The fourth-order valence-electron chi connectivity index (χ4n) is 2.71. The Morgan fingerprint density at radius 3 is 2.61 bits per heavy atom. The van der Waals surface area contributed by atoms with Gasteiger partial charge < -0.3 is 4.74 Å². The summed E-state index contributed by atoms with van der Waals surface area (Å²) in [5.74, 6) is -0.154. The fourth-order valence-corrected chi connectivity index (χ4v) is 2.83. The van der Waals surface area contributed by atoms with Gasteiger partial charge in [0.2, 0.25) is 0 Å². The van der Waals surface area contributed by atoms with Crippen LogP contribution < -0.4 is 4.74 Å². The maximum atomic E-state index is 12.7. The molecule has 0 bridgehead atoms. The highest BCUT2D eigenvalue weighted by atomic mass is 35.5. The van der Waals surface area contributed by atoms with Gasteiger partial charge in [0, 0.05) is 5.02 Å². The number of amides is 2. The van der Waals surface area contributed by atoms with Crippen molar-refractivity contribution in [3.05, 3.63) is 63.7 Å². The molecule has 5 heteroatoms. The van der Waals surface area contributed by atoms with Crippen molar-refractivity contribution in [3.63, 3.8) is 0 Å². The second-order valence-corrected chi connectivity index (χ2v) is 5.80. The quantitative estimate of drug-likeness (QED) is 0.801. The number of hydrogen-bond donors (Lipinski definition) is 0. The largest absolute Gasteiger partial charge is 0.493 e. The number of hydrogen-bond acceptors (Lipinski definition) is 3. The van der Waals surface area contributed by atoms with Crippen molar-refractivity contribution in [1.29, 1.82) is 0 Å². The van der Waals surface area contributed by atoms with Gasteiger partial charge in [-0.05, 0) is 43.2 Å². The van der Waals surface area contributed by atoms with E-state index in [9.17, 15) is 9.59 Å². The zero-order chi connectivity index (χ0) is 16.6. The van der Waals surface area contributed by atoms with Gasteiger partial charge in [-0.15, -0.1) is 0 Å². The van der Waals surface area contributed by atoms with Crippen LogP contribution in [0.3, 0.4) is 0 Å². The predicted octanol–water partition coefficient (Wildman–Crippen LogP) is 3.84. The summed E-state index contributed by atoms with van der Waals surface area (Å²) in [6.45, 7) is 4.39. The van der Waals surface area contributed by atoms with E-state index in [1.165, 1.54) is 4.90 Å². The number of rotatable bonds is 4. The lowest BCUT2D eigenvalue weighted by molar-refractivity contribution is 0.0641. The van der Waals surface area contributed by atoms with Gasteiger partial charge >= 0.3 is 0 Å². The number of ether oxygens (including phenoxy) is 1. The SMILES string of the molecule is CCOc1cccc2c1C(=O)N(Cc1ccc(Cl)c(C)c1)C2=O. The summed E-state index contributed by atoms with van der Waals surface area (Å²) in [6, 6.07) is 10.6. The smallest absolute Gasteiger partial charge is 0.265 e. The normalized spacial score (nSPS) is 13.4. The highest BCUT2D eigenvalue weighted by Crippen LogP contribution is 2.32. The highest BCUT2D eigenvalue weighted by Gasteiger charge is 2.38. The first-order valence-corrected chi connectivity index (χ1v) is 7.77. The second kappa shape index (κ2) is 6.05. The number of fused-ring (bicyclic) bond motifs is 1. The highest BCUT2D eigenvalue weighted by molar-refractivity contribution is 6.31. The molecule has 3 rings (SSSR count). The van der Waals surface area contributed by atoms with E-state index in [0.29, 0.717) is 28.5 Å². The molecule has 0 atom stereocenters. The molecule has 0 saturated heterocycles. The van der Waals surface area contributed by atoms with Crippen molar-refractivity contribution in [2.75, 3.05) is 6.61 Å². The molecular weight excluding hydrogens is 314 g/mol. The molecule has 1 heterocycles. The third kappa shape index (κ3) is 2.70. The standard InChI is InChI=1S/C18H16ClNO3/c1-3-23-15-6-4-5-13-16(15)18(22)20(17(13)21)10-12-7-8-14(19)11(2)9-12/h4-9H,3,10H2,1-2H3. The lowest BCUT2D eigenvalue weighted by Crippen LogP contribution is -2.29. The second-order valence-electron chi connectivity index (χ2n) is 5.39. The molecule has 0 radical (unpaired) electrons. The molecule has 0 fully saturated rings. The van der Waals surface area contributed by atoms with Gasteiger partial charge in [0.1, 0.15) is 5.75 Å². The van der Waals surface area contributed by atoms with Crippen molar-refractivity contribution in [1.82, 2.24) is 4.90 Å².